The van der Waals surface area contributed by atoms with Crippen LogP contribution in [0.15, 0.2) is 42.7 Å². The largest absolute Gasteiger partial charge is 0.494 e. The third-order valence-corrected chi connectivity index (χ3v) is 14.1. The van der Waals surface area contributed by atoms with Crippen molar-refractivity contribution in [3.8, 4) is 22.9 Å². The number of hydrogen-bond donors (Lipinski definition) is 2. The molecule has 0 radical (unpaired) electrons. The summed E-state index contributed by atoms with van der Waals surface area (Å²) < 4.78 is 18.9. The van der Waals surface area contributed by atoms with E-state index in [9.17, 15) is 14.4 Å². The van der Waals surface area contributed by atoms with Gasteiger partial charge in [0.05, 0.1) is 42.8 Å². The van der Waals surface area contributed by atoms with Gasteiger partial charge in [-0.2, -0.15) is 5.10 Å². The summed E-state index contributed by atoms with van der Waals surface area (Å²) in [6.45, 7) is 10.4. The van der Waals surface area contributed by atoms with Crippen LogP contribution in [0.4, 0.5) is 11.5 Å². The van der Waals surface area contributed by atoms with Gasteiger partial charge in [0, 0.05) is 74.3 Å². The summed E-state index contributed by atoms with van der Waals surface area (Å²) in [7, 11) is 1.64. The molecule has 1 unspecified atom stereocenters. The Bertz CT molecular complexity index is 2310. The number of fused-ring (bicyclic) bond motifs is 2. The first-order chi connectivity index (χ1) is 29.6. The number of carbonyl (C=O) groups is 3. The lowest BCUT2D eigenvalue weighted by Crippen LogP contribution is -2.53. The van der Waals surface area contributed by atoms with Crippen LogP contribution >= 0.6 is 0 Å². The maximum Gasteiger partial charge on any atom is 0.255 e. The summed E-state index contributed by atoms with van der Waals surface area (Å²) in [6.07, 6.45) is 11.4. The Balaban J connectivity index is 0.685. The van der Waals surface area contributed by atoms with E-state index in [0.717, 1.165) is 123 Å². The van der Waals surface area contributed by atoms with Crippen LogP contribution in [0.25, 0.3) is 22.3 Å². The van der Waals surface area contributed by atoms with Gasteiger partial charge in [-0.3, -0.25) is 29.7 Å². The third-order valence-electron chi connectivity index (χ3n) is 14.1. The van der Waals surface area contributed by atoms with Gasteiger partial charge in [-0.25, -0.2) is 9.97 Å². The molecule has 3 amide bonds. The number of rotatable bonds is 11. The molecule has 4 aromatic rings. The van der Waals surface area contributed by atoms with Crippen molar-refractivity contribution in [2.45, 2.75) is 114 Å². The fourth-order valence-corrected chi connectivity index (χ4v) is 10.3. The van der Waals surface area contributed by atoms with Crippen LogP contribution in [-0.4, -0.2) is 124 Å². The van der Waals surface area contributed by atoms with Crippen molar-refractivity contribution >= 4 is 40.1 Å². The van der Waals surface area contributed by atoms with Crippen molar-refractivity contribution in [1.82, 2.24) is 35.3 Å². The minimum atomic E-state index is -0.652. The van der Waals surface area contributed by atoms with Crippen molar-refractivity contribution in [2.24, 2.45) is 5.92 Å². The number of nitrogens with zero attached hydrogens (tertiary/aromatic N) is 7. The van der Waals surface area contributed by atoms with Gasteiger partial charge >= 0.3 is 0 Å². The predicted molar refractivity (Wildman–Crippen MR) is 230 cm³/mol. The smallest absolute Gasteiger partial charge is 0.255 e. The molecular formula is C46H57N9O6. The van der Waals surface area contributed by atoms with Gasteiger partial charge in [0.2, 0.25) is 11.8 Å². The van der Waals surface area contributed by atoms with E-state index < -0.39 is 11.9 Å². The topological polar surface area (TPSA) is 158 Å². The minimum Gasteiger partial charge on any atom is -0.494 e. The van der Waals surface area contributed by atoms with Crippen molar-refractivity contribution in [1.29, 1.82) is 0 Å². The van der Waals surface area contributed by atoms with Crippen LogP contribution in [-0.2, 0) is 20.9 Å². The van der Waals surface area contributed by atoms with Crippen LogP contribution < -0.4 is 24.6 Å². The number of benzene rings is 2. The number of aromatic nitrogens is 4. The van der Waals surface area contributed by atoms with Crippen molar-refractivity contribution in [3.63, 3.8) is 0 Å². The van der Waals surface area contributed by atoms with Crippen molar-refractivity contribution in [3.05, 3.63) is 53.9 Å². The molecule has 2 aromatic carbocycles. The molecule has 6 aliphatic rings. The summed E-state index contributed by atoms with van der Waals surface area (Å²) in [5.41, 5.74) is 4.89. The maximum atomic E-state index is 13.4. The zero-order chi connectivity index (χ0) is 41.8. The molecule has 322 valence electrons. The molecule has 4 aliphatic heterocycles. The Kier molecular flexibility index (Phi) is 10.6. The first-order valence-corrected chi connectivity index (χ1v) is 22.3. The molecule has 0 bridgehead atoms. The van der Waals surface area contributed by atoms with Gasteiger partial charge in [-0.05, 0) is 108 Å². The van der Waals surface area contributed by atoms with E-state index in [2.05, 4.69) is 61.2 Å². The number of piperazine rings is 1. The fourth-order valence-electron chi connectivity index (χ4n) is 10.3. The number of ether oxygens (including phenoxy) is 3. The van der Waals surface area contributed by atoms with E-state index in [1.165, 1.54) is 12.8 Å². The van der Waals surface area contributed by atoms with Crippen LogP contribution in [0.5, 0.6) is 11.5 Å². The summed E-state index contributed by atoms with van der Waals surface area (Å²) in [4.78, 5) is 56.0. The first kappa shape index (κ1) is 39.8. The Morgan fingerprint density at radius 2 is 1.69 bits per heavy atom. The SMILES string of the molecule is COc1c(N2CCC(O[C@H]3CC[C@H](CN4CCN(c5cc(-c6n[nH]c7ccc(OC8(C)CC8)cc67)ncn5)C[C@@H]4C)CC3)CC2)ccc2c1CN(C1CCC(=O)NC1=O)C2=O. The number of amides is 3. The zero-order valence-corrected chi connectivity index (χ0v) is 35.5. The second kappa shape index (κ2) is 16.2. The molecule has 0 spiro atoms. The summed E-state index contributed by atoms with van der Waals surface area (Å²) >= 11 is 0. The highest BCUT2D eigenvalue weighted by atomic mass is 16.5. The molecule has 2 aliphatic carbocycles. The van der Waals surface area contributed by atoms with Gasteiger partial charge in [0.25, 0.3) is 5.91 Å². The molecule has 2 atom stereocenters. The van der Waals surface area contributed by atoms with Gasteiger partial charge in [-0.15, -0.1) is 0 Å². The lowest BCUT2D eigenvalue weighted by molar-refractivity contribution is -0.136. The quantitative estimate of drug-likeness (QED) is 0.184. The molecule has 10 rings (SSSR count). The number of anilines is 2. The number of aromatic amines is 1. The van der Waals surface area contributed by atoms with E-state index in [4.69, 9.17) is 19.2 Å². The molecule has 6 heterocycles. The fraction of sp³-hybridized carbons (Fsp3) is 0.565. The van der Waals surface area contributed by atoms with Gasteiger partial charge in [0.1, 0.15) is 41.0 Å². The summed E-state index contributed by atoms with van der Waals surface area (Å²) in [5, 5.41) is 11.2. The second-order valence-electron chi connectivity index (χ2n) is 18.4. The van der Waals surface area contributed by atoms with E-state index in [1.807, 2.05) is 24.3 Å². The van der Waals surface area contributed by atoms with E-state index in [-0.39, 0.29) is 29.9 Å². The molecule has 2 aromatic heterocycles. The minimum absolute atomic E-state index is 0.0460. The Labute approximate surface area is 356 Å². The molecule has 15 heteroatoms. The standard InChI is InChI=1S/C46H57N9O6/c1-28-24-54(40-23-37(47-27-48-40)42-34-22-32(61-46(2)16-17-46)8-10-36(34)50-51-42)21-20-53(28)25-29-4-6-30(7-5-29)60-31-14-18-52(19-15-31)38-11-9-33-35(43(38)59-3)26-55(45(33)58)39-12-13-41(56)49-44(39)57/h8-11,22-23,27-31,39H,4-7,12-21,24-26H2,1-3H3,(H,50,51)(H,49,56,57)/t28-,29-,30-,39?/m0/s1. The predicted octanol–water partition coefficient (Wildman–Crippen LogP) is 5.48. The number of imide groups is 1. The highest BCUT2D eigenvalue weighted by Crippen LogP contribution is 2.43. The first-order valence-electron chi connectivity index (χ1n) is 22.3. The number of piperidine rings is 2. The average Bonchev–Trinajstić information content (AvgIpc) is 3.68. The van der Waals surface area contributed by atoms with E-state index in [0.29, 0.717) is 42.3 Å². The summed E-state index contributed by atoms with van der Waals surface area (Å²) in [6, 6.07) is 11.8. The maximum absolute atomic E-state index is 13.4. The van der Waals surface area contributed by atoms with Crippen molar-refractivity contribution < 1.29 is 28.6 Å². The van der Waals surface area contributed by atoms with Gasteiger partial charge in [-0.1, -0.05) is 0 Å². The molecule has 15 nitrogen and oxygen atoms in total. The third kappa shape index (κ3) is 8.02. The monoisotopic (exact) mass is 831 g/mol. The lowest BCUT2D eigenvalue weighted by Gasteiger charge is -2.43. The Morgan fingerprint density at radius 1 is 0.885 bits per heavy atom. The number of nitrogens with one attached hydrogen (secondary N) is 2. The van der Waals surface area contributed by atoms with E-state index in [1.54, 1.807) is 18.3 Å². The van der Waals surface area contributed by atoms with Crippen LogP contribution in [0.3, 0.4) is 0 Å². The number of carbonyl (C=O) groups excluding carboxylic acids is 3. The number of H-pyrrole nitrogens is 1. The molecule has 2 saturated carbocycles. The van der Waals surface area contributed by atoms with Gasteiger partial charge in [0.15, 0.2) is 0 Å². The Hall–Kier alpha value is -5.28. The normalized spacial score (nSPS) is 25.8. The molecule has 3 saturated heterocycles. The second-order valence-corrected chi connectivity index (χ2v) is 18.4. The van der Waals surface area contributed by atoms with Crippen molar-refractivity contribution in [2.75, 3.05) is 56.2 Å². The van der Waals surface area contributed by atoms with Gasteiger partial charge < -0.3 is 28.9 Å². The highest BCUT2D eigenvalue weighted by Gasteiger charge is 2.42. The van der Waals surface area contributed by atoms with Crippen LogP contribution in [0.1, 0.15) is 94.0 Å². The number of hydrogen-bond acceptors (Lipinski definition) is 12. The van der Waals surface area contributed by atoms with E-state index >= 15 is 0 Å². The molecule has 5 fully saturated rings. The molecule has 2 N–H and O–H groups in total. The average molecular weight is 832 g/mol. The molecular weight excluding hydrogens is 775 g/mol. The summed E-state index contributed by atoms with van der Waals surface area (Å²) in [5.74, 6) is 2.29. The molecule has 61 heavy (non-hydrogen) atoms. The highest BCUT2D eigenvalue weighted by molar-refractivity contribution is 6.06. The lowest BCUT2D eigenvalue weighted by atomic mass is 9.86. The van der Waals surface area contributed by atoms with Crippen LogP contribution in [0, 0.1) is 5.92 Å². The number of methoxy groups -OCH3 is 1. The zero-order valence-electron chi connectivity index (χ0n) is 35.5. The Morgan fingerprint density at radius 3 is 2.44 bits per heavy atom. The van der Waals surface area contributed by atoms with Crippen LogP contribution in [0.2, 0.25) is 0 Å².